The number of carbonyl (C=O) groups excluding carboxylic acids is 1. The standard InChI is InChI=1S/C28H32ClN3O4S/c1-22-7-13-25(14-8-22)37(34,35)32(21-23-9-11-24(29)12-10-23)27-6-3-2-5-26(27)28(33)30-15-4-16-31-17-19-36-20-18-31/h2-3,5-14H,4,15-21H2,1H3,(H,30,33). The van der Waals surface area contributed by atoms with E-state index in [1.54, 1.807) is 72.8 Å². The van der Waals surface area contributed by atoms with Crippen LogP contribution >= 0.6 is 11.6 Å². The van der Waals surface area contributed by atoms with Gasteiger partial charge in [-0.3, -0.25) is 14.0 Å². The molecule has 37 heavy (non-hydrogen) atoms. The molecule has 7 nitrogen and oxygen atoms in total. The predicted molar refractivity (Wildman–Crippen MR) is 147 cm³/mol. The fraction of sp³-hybridized carbons (Fsp3) is 0.321. The zero-order valence-corrected chi connectivity index (χ0v) is 22.5. The summed E-state index contributed by atoms with van der Waals surface area (Å²) < 4.78 is 34.4. The highest BCUT2D eigenvalue weighted by Gasteiger charge is 2.28. The Morgan fingerprint density at radius 2 is 1.68 bits per heavy atom. The van der Waals surface area contributed by atoms with Crippen molar-refractivity contribution in [2.75, 3.05) is 43.7 Å². The molecule has 0 aromatic heterocycles. The Hall–Kier alpha value is -2.91. The van der Waals surface area contributed by atoms with E-state index >= 15 is 0 Å². The van der Waals surface area contributed by atoms with Gasteiger partial charge in [0.15, 0.2) is 0 Å². The fourth-order valence-electron chi connectivity index (χ4n) is 4.20. The van der Waals surface area contributed by atoms with Crippen molar-refractivity contribution in [2.45, 2.75) is 24.8 Å². The van der Waals surface area contributed by atoms with Crippen molar-refractivity contribution in [1.29, 1.82) is 0 Å². The number of benzene rings is 3. The SMILES string of the molecule is Cc1ccc(S(=O)(=O)N(Cc2ccc(Cl)cc2)c2ccccc2C(=O)NCCCN2CCOCC2)cc1. The summed E-state index contributed by atoms with van der Waals surface area (Å²) in [6.45, 7) is 6.58. The molecule has 4 rings (SSSR count). The van der Waals surface area contributed by atoms with Crippen LogP contribution in [0.2, 0.25) is 5.02 Å². The second kappa shape index (κ2) is 12.6. The summed E-state index contributed by atoms with van der Waals surface area (Å²) in [6, 6.07) is 20.5. The van der Waals surface area contributed by atoms with Crippen molar-refractivity contribution < 1.29 is 17.9 Å². The fourth-order valence-corrected chi connectivity index (χ4v) is 5.80. The normalized spacial score (nSPS) is 14.3. The molecule has 0 spiro atoms. The Labute approximate surface area is 224 Å². The number of amides is 1. The molecule has 1 saturated heterocycles. The zero-order chi connectivity index (χ0) is 26.3. The zero-order valence-electron chi connectivity index (χ0n) is 20.9. The summed E-state index contributed by atoms with van der Waals surface area (Å²) in [4.78, 5) is 15.7. The van der Waals surface area contributed by atoms with Gasteiger partial charge in [-0.2, -0.15) is 0 Å². The second-order valence-electron chi connectivity index (χ2n) is 9.03. The molecule has 196 valence electrons. The maximum atomic E-state index is 13.9. The first-order valence-corrected chi connectivity index (χ1v) is 14.2. The van der Waals surface area contributed by atoms with Gasteiger partial charge in [-0.25, -0.2) is 8.42 Å². The summed E-state index contributed by atoms with van der Waals surface area (Å²) in [5.41, 5.74) is 2.34. The third-order valence-electron chi connectivity index (χ3n) is 6.31. The summed E-state index contributed by atoms with van der Waals surface area (Å²) >= 11 is 6.05. The van der Waals surface area contributed by atoms with Crippen LogP contribution in [-0.2, 0) is 21.3 Å². The van der Waals surface area contributed by atoms with E-state index in [1.165, 1.54) is 4.31 Å². The van der Waals surface area contributed by atoms with Gasteiger partial charge in [-0.05, 0) is 61.9 Å². The van der Waals surface area contributed by atoms with Gasteiger partial charge in [0.2, 0.25) is 0 Å². The molecule has 0 radical (unpaired) electrons. The number of nitrogens with zero attached hydrogens (tertiary/aromatic N) is 2. The molecule has 1 N–H and O–H groups in total. The molecule has 9 heteroatoms. The van der Waals surface area contributed by atoms with Crippen molar-refractivity contribution in [3.63, 3.8) is 0 Å². The number of aryl methyl sites for hydroxylation is 1. The van der Waals surface area contributed by atoms with Gasteiger partial charge in [-0.15, -0.1) is 0 Å². The number of sulfonamides is 1. The first-order valence-electron chi connectivity index (χ1n) is 12.4. The maximum Gasteiger partial charge on any atom is 0.264 e. The van der Waals surface area contributed by atoms with Crippen LogP contribution in [0.4, 0.5) is 5.69 Å². The molecular formula is C28H32ClN3O4S. The van der Waals surface area contributed by atoms with Gasteiger partial charge in [0.1, 0.15) is 0 Å². The number of nitrogens with one attached hydrogen (secondary N) is 1. The molecule has 0 bridgehead atoms. The van der Waals surface area contributed by atoms with Crippen molar-refractivity contribution in [2.24, 2.45) is 0 Å². The quantitative estimate of drug-likeness (QED) is 0.382. The van der Waals surface area contributed by atoms with Gasteiger partial charge in [0.05, 0.1) is 35.9 Å². The van der Waals surface area contributed by atoms with E-state index < -0.39 is 10.0 Å². The minimum atomic E-state index is -3.97. The van der Waals surface area contributed by atoms with Crippen molar-refractivity contribution >= 4 is 33.2 Å². The third kappa shape index (κ3) is 7.11. The molecule has 0 saturated carbocycles. The lowest BCUT2D eigenvalue weighted by Gasteiger charge is -2.27. The highest BCUT2D eigenvalue weighted by Crippen LogP contribution is 2.29. The highest BCUT2D eigenvalue weighted by molar-refractivity contribution is 7.92. The molecule has 0 atom stereocenters. The molecular weight excluding hydrogens is 510 g/mol. The molecule has 1 heterocycles. The molecule has 1 amide bonds. The lowest BCUT2D eigenvalue weighted by atomic mass is 10.1. The Morgan fingerprint density at radius 3 is 2.38 bits per heavy atom. The van der Waals surface area contributed by atoms with Gasteiger partial charge >= 0.3 is 0 Å². The molecule has 1 aliphatic heterocycles. The largest absolute Gasteiger partial charge is 0.379 e. The van der Waals surface area contributed by atoms with Gasteiger partial charge in [0, 0.05) is 24.7 Å². The number of para-hydroxylation sites is 1. The minimum absolute atomic E-state index is 0.0503. The number of ether oxygens (including phenoxy) is 1. The second-order valence-corrected chi connectivity index (χ2v) is 11.3. The molecule has 1 fully saturated rings. The van der Waals surface area contributed by atoms with Gasteiger partial charge < -0.3 is 10.1 Å². The van der Waals surface area contributed by atoms with Crippen molar-refractivity contribution in [3.05, 3.63) is 94.5 Å². The monoisotopic (exact) mass is 541 g/mol. The van der Waals surface area contributed by atoms with Crippen molar-refractivity contribution in [1.82, 2.24) is 10.2 Å². The van der Waals surface area contributed by atoms with Crippen LogP contribution in [0.15, 0.2) is 77.7 Å². The number of morpholine rings is 1. The summed E-state index contributed by atoms with van der Waals surface area (Å²) in [5, 5.41) is 3.53. The summed E-state index contributed by atoms with van der Waals surface area (Å²) in [6.07, 6.45) is 0.796. The molecule has 0 aliphatic carbocycles. The average Bonchev–Trinajstić information content (AvgIpc) is 2.91. The van der Waals surface area contributed by atoms with E-state index in [2.05, 4.69) is 10.2 Å². The van der Waals surface area contributed by atoms with Crippen LogP contribution in [0.1, 0.15) is 27.9 Å². The number of rotatable bonds is 10. The lowest BCUT2D eigenvalue weighted by molar-refractivity contribution is 0.0374. The minimum Gasteiger partial charge on any atom is -0.379 e. The topological polar surface area (TPSA) is 79.0 Å². The smallest absolute Gasteiger partial charge is 0.264 e. The third-order valence-corrected chi connectivity index (χ3v) is 8.33. The molecule has 3 aromatic carbocycles. The molecule has 3 aromatic rings. The van der Waals surface area contributed by atoms with E-state index in [4.69, 9.17) is 16.3 Å². The molecule has 0 unspecified atom stereocenters. The summed E-state index contributed by atoms with van der Waals surface area (Å²) in [7, 11) is -3.97. The van der Waals surface area contributed by atoms with Crippen LogP contribution in [-0.4, -0.2) is 58.6 Å². The van der Waals surface area contributed by atoms with Gasteiger partial charge in [-0.1, -0.05) is 53.6 Å². The van der Waals surface area contributed by atoms with E-state index in [9.17, 15) is 13.2 Å². The number of anilines is 1. The predicted octanol–water partition coefficient (Wildman–Crippen LogP) is 4.50. The Balaban J connectivity index is 1.59. The number of halogens is 1. The van der Waals surface area contributed by atoms with E-state index in [1.807, 2.05) is 6.92 Å². The number of hydrogen-bond donors (Lipinski definition) is 1. The van der Waals surface area contributed by atoms with Gasteiger partial charge in [0.25, 0.3) is 15.9 Å². The number of carbonyl (C=O) groups is 1. The highest BCUT2D eigenvalue weighted by atomic mass is 35.5. The van der Waals surface area contributed by atoms with Crippen LogP contribution in [0, 0.1) is 6.92 Å². The van der Waals surface area contributed by atoms with Crippen LogP contribution < -0.4 is 9.62 Å². The van der Waals surface area contributed by atoms with Crippen LogP contribution in [0.3, 0.4) is 0 Å². The van der Waals surface area contributed by atoms with Crippen LogP contribution in [0.25, 0.3) is 0 Å². The van der Waals surface area contributed by atoms with Crippen molar-refractivity contribution in [3.8, 4) is 0 Å². The number of hydrogen-bond acceptors (Lipinski definition) is 5. The van der Waals surface area contributed by atoms with E-state index in [-0.39, 0.29) is 17.3 Å². The Bertz CT molecular complexity index is 1290. The maximum absolute atomic E-state index is 13.9. The Morgan fingerprint density at radius 1 is 1.00 bits per heavy atom. The van der Waals surface area contributed by atoms with Crippen LogP contribution in [0.5, 0.6) is 0 Å². The average molecular weight is 542 g/mol. The van der Waals surface area contributed by atoms with E-state index in [0.717, 1.165) is 50.4 Å². The first-order chi connectivity index (χ1) is 17.8. The summed E-state index contributed by atoms with van der Waals surface area (Å²) in [5.74, 6) is -0.308. The lowest BCUT2D eigenvalue weighted by Crippen LogP contribution is -2.38. The van der Waals surface area contributed by atoms with E-state index in [0.29, 0.717) is 22.8 Å². The Kier molecular flexibility index (Phi) is 9.21. The first kappa shape index (κ1) is 27.1. The molecule has 1 aliphatic rings.